The summed E-state index contributed by atoms with van der Waals surface area (Å²) in [5, 5.41) is 22.2. The second-order valence-corrected chi connectivity index (χ2v) is 4.58. The Kier molecular flexibility index (Phi) is 2.83. The van der Waals surface area contributed by atoms with E-state index in [9.17, 15) is 5.11 Å². The second kappa shape index (κ2) is 4.65. The van der Waals surface area contributed by atoms with Gasteiger partial charge in [0.15, 0.2) is 0 Å². The predicted octanol–water partition coefficient (Wildman–Crippen LogP) is 3.44. The molecule has 1 heterocycles. The summed E-state index contributed by atoms with van der Waals surface area (Å²) in [4.78, 5) is 0. The first-order valence-electron chi connectivity index (χ1n) is 6.21. The molecular formula is C15H15N3O. The van der Waals surface area contributed by atoms with Crippen LogP contribution in [-0.2, 0) is 0 Å². The zero-order valence-corrected chi connectivity index (χ0v) is 10.6. The summed E-state index contributed by atoms with van der Waals surface area (Å²) >= 11 is 0. The SMILES string of the molecule is CC(Nc1cn[nH]c1)c1ccc2ccccc2c1O. The number of hydrogen-bond acceptors (Lipinski definition) is 3. The molecule has 19 heavy (non-hydrogen) atoms. The van der Waals surface area contributed by atoms with Crippen molar-refractivity contribution >= 4 is 16.5 Å². The van der Waals surface area contributed by atoms with E-state index >= 15 is 0 Å². The van der Waals surface area contributed by atoms with Crippen LogP contribution in [0.5, 0.6) is 5.75 Å². The van der Waals surface area contributed by atoms with Gasteiger partial charge in [-0.3, -0.25) is 5.10 Å². The van der Waals surface area contributed by atoms with Gasteiger partial charge in [0.25, 0.3) is 0 Å². The lowest BCUT2D eigenvalue weighted by molar-refractivity contribution is 0.472. The first-order valence-corrected chi connectivity index (χ1v) is 6.21. The van der Waals surface area contributed by atoms with Crippen LogP contribution in [0.1, 0.15) is 18.5 Å². The molecule has 3 rings (SSSR count). The number of H-pyrrole nitrogens is 1. The van der Waals surface area contributed by atoms with Crippen LogP contribution >= 0.6 is 0 Å². The van der Waals surface area contributed by atoms with E-state index < -0.39 is 0 Å². The minimum atomic E-state index is 0.00204. The molecule has 1 atom stereocenters. The minimum absolute atomic E-state index is 0.00204. The van der Waals surface area contributed by atoms with Crippen molar-refractivity contribution in [2.75, 3.05) is 5.32 Å². The van der Waals surface area contributed by atoms with Crippen LogP contribution < -0.4 is 5.32 Å². The van der Waals surface area contributed by atoms with Gasteiger partial charge in [-0.1, -0.05) is 36.4 Å². The van der Waals surface area contributed by atoms with E-state index in [-0.39, 0.29) is 6.04 Å². The molecule has 0 aliphatic carbocycles. The zero-order chi connectivity index (χ0) is 13.2. The van der Waals surface area contributed by atoms with Crippen LogP contribution in [0.15, 0.2) is 48.8 Å². The van der Waals surface area contributed by atoms with Crippen molar-refractivity contribution in [2.45, 2.75) is 13.0 Å². The molecule has 0 radical (unpaired) electrons. The minimum Gasteiger partial charge on any atom is -0.507 e. The van der Waals surface area contributed by atoms with E-state index in [1.807, 2.05) is 43.3 Å². The fourth-order valence-corrected chi connectivity index (χ4v) is 2.28. The number of fused-ring (bicyclic) bond motifs is 1. The molecule has 0 saturated carbocycles. The number of phenols is 1. The fraction of sp³-hybridized carbons (Fsp3) is 0.133. The zero-order valence-electron chi connectivity index (χ0n) is 10.6. The van der Waals surface area contributed by atoms with Gasteiger partial charge < -0.3 is 10.4 Å². The Morgan fingerprint density at radius 1 is 1.21 bits per heavy atom. The van der Waals surface area contributed by atoms with E-state index in [0.29, 0.717) is 5.75 Å². The van der Waals surface area contributed by atoms with Crippen molar-refractivity contribution in [3.05, 3.63) is 54.4 Å². The standard InChI is InChI=1S/C15H15N3O/c1-10(18-12-8-16-17-9-12)13-7-6-11-4-2-3-5-14(11)15(13)19/h2-10,18-19H,1H3,(H,16,17). The highest BCUT2D eigenvalue weighted by atomic mass is 16.3. The van der Waals surface area contributed by atoms with Crippen molar-refractivity contribution < 1.29 is 5.11 Å². The van der Waals surface area contributed by atoms with Gasteiger partial charge in [0.2, 0.25) is 0 Å². The molecule has 0 amide bonds. The fourth-order valence-electron chi connectivity index (χ4n) is 2.28. The van der Waals surface area contributed by atoms with Crippen molar-refractivity contribution in [3.8, 4) is 5.75 Å². The van der Waals surface area contributed by atoms with Crippen molar-refractivity contribution in [3.63, 3.8) is 0 Å². The Bertz CT molecular complexity index is 692. The van der Waals surface area contributed by atoms with Crippen LogP contribution in [0, 0.1) is 0 Å². The predicted molar refractivity (Wildman–Crippen MR) is 76.2 cm³/mol. The smallest absolute Gasteiger partial charge is 0.128 e. The summed E-state index contributed by atoms with van der Waals surface area (Å²) in [6, 6.07) is 11.8. The Morgan fingerprint density at radius 3 is 2.84 bits per heavy atom. The van der Waals surface area contributed by atoms with Gasteiger partial charge in [0.05, 0.1) is 17.9 Å². The number of anilines is 1. The van der Waals surface area contributed by atoms with Crippen LogP contribution in [0.2, 0.25) is 0 Å². The molecule has 0 aliphatic heterocycles. The molecule has 96 valence electrons. The Hall–Kier alpha value is -2.49. The summed E-state index contributed by atoms with van der Waals surface area (Å²) in [5.74, 6) is 0.335. The van der Waals surface area contributed by atoms with Gasteiger partial charge >= 0.3 is 0 Å². The first kappa shape index (κ1) is 11.6. The topological polar surface area (TPSA) is 60.9 Å². The monoisotopic (exact) mass is 253 g/mol. The molecule has 1 aromatic heterocycles. The number of nitrogens with one attached hydrogen (secondary N) is 2. The third kappa shape index (κ3) is 2.12. The van der Waals surface area contributed by atoms with Crippen molar-refractivity contribution in [1.29, 1.82) is 0 Å². The summed E-state index contributed by atoms with van der Waals surface area (Å²) in [6.45, 7) is 2.01. The number of phenolic OH excluding ortho intramolecular Hbond substituents is 1. The quantitative estimate of drug-likeness (QED) is 0.670. The maximum absolute atomic E-state index is 10.4. The van der Waals surface area contributed by atoms with E-state index in [2.05, 4.69) is 15.5 Å². The Labute approximate surface area is 111 Å². The molecule has 0 saturated heterocycles. The largest absolute Gasteiger partial charge is 0.507 e. The van der Waals surface area contributed by atoms with Crippen LogP contribution in [0.4, 0.5) is 5.69 Å². The Morgan fingerprint density at radius 2 is 2.05 bits per heavy atom. The van der Waals surface area contributed by atoms with Crippen LogP contribution in [0.25, 0.3) is 10.8 Å². The number of hydrogen-bond donors (Lipinski definition) is 3. The van der Waals surface area contributed by atoms with E-state index in [1.165, 1.54) is 0 Å². The van der Waals surface area contributed by atoms with Gasteiger partial charge in [-0.15, -0.1) is 0 Å². The molecule has 3 aromatic rings. The number of nitrogens with zero attached hydrogens (tertiary/aromatic N) is 1. The van der Waals surface area contributed by atoms with Crippen LogP contribution in [-0.4, -0.2) is 15.3 Å². The van der Waals surface area contributed by atoms with Crippen molar-refractivity contribution in [2.24, 2.45) is 0 Å². The van der Waals surface area contributed by atoms with Gasteiger partial charge in [0, 0.05) is 17.1 Å². The lowest BCUT2D eigenvalue weighted by atomic mass is 10.0. The van der Waals surface area contributed by atoms with E-state index in [0.717, 1.165) is 22.0 Å². The summed E-state index contributed by atoms with van der Waals surface area (Å²) < 4.78 is 0. The molecule has 4 nitrogen and oxygen atoms in total. The third-order valence-corrected chi connectivity index (χ3v) is 3.28. The number of benzene rings is 2. The van der Waals surface area contributed by atoms with Gasteiger partial charge in [-0.25, -0.2) is 0 Å². The van der Waals surface area contributed by atoms with E-state index in [1.54, 1.807) is 12.4 Å². The molecule has 4 heteroatoms. The lowest BCUT2D eigenvalue weighted by Gasteiger charge is -2.16. The summed E-state index contributed by atoms with van der Waals surface area (Å²) in [5.41, 5.74) is 1.78. The lowest BCUT2D eigenvalue weighted by Crippen LogP contribution is -2.06. The summed E-state index contributed by atoms with van der Waals surface area (Å²) in [7, 11) is 0. The highest BCUT2D eigenvalue weighted by Crippen LogP contribution is 2.33. The van der Waals surface area contributed by atoms with Gasteiger partial charge in [-0.2, -0.15) is 5.10 Å². The number of aromatic hydroxyl groups is 1. The average molecular weight is 253 g/mol. The molecule has 1 unspecified atom stereocenters. The highest BCUT2D eigenvalue weighted by molar-refractivity contribution is 5.89. The maximum Gasteiger partial charge on any atom is 0.128 e. The van der Waals surface area contributed by atoms with Crippen molar-refractivity contribution in [1.82, 2.24) is 10.2 Å². The number of aromatic nitrogens is 2. The van der Waals surface area contributed by atoms with Crippen LogP contribution in [0.3, 0.4) is 0 Å². The van der Waals surface area contributed by atoms with Gasteiger partial charge in [0.1, 0.15) is 5.75 Å². The first-order chi connectivity index (χ1) is 9.25. The molecule has 0 spiro atoms. The highest BCUT2D eigenvalue weighted by Gasteiger charge is 2.12. The maximum atomic E-state index is 10.4. The van der Waals surface area contributed by atoms with E-state index in [4.69, 9.17) is 0 Å². The molecule has 3 N–H and O–H groups in total. The Balaban J connectivity index is 1.98. The third-order valence-electron chi connectivity index (χ3n) is 3.28. The molecule has 0 bridgehead atoms. The molecular weight excluding hydrogens is 238 g/mol. The molecule has 2 aromatic carbocycles. The second-order valence-electron chi connectivity index (χ2n) is 4.58. The summed E-state index contributed by atoms with van der Waals surface area (Å²) in [6.07, 6.45) is 3.50. The average Bonchev–Trinajstić information content (AvgIpc) is 2.92. The molecule has 0 aliphatic rings. The van der Waals surface area contributed by atoms with Gasteiger partial charge in [-0.05, 0) is 12.3 Å². The normalized spacial score (nSPS) is 12.5. The number of rotatable bonds is 3. The number of aromatic amines is 1. The molecule has 0 fully saturated rings.